The van der Waals surface area contributed by atoms with Gasteiger partial charge in [0.1, 0.15) is 0 Å². The van der Waals surface area contributed by atoms with Gasteiger partial charge in [-0.05, 0) is 32.0 Å². The van der Waals surface area contributed by atoms with Crippen LogP contribution in [-0.2, 0) is 7.05 Å². The SMILES string of the molecule is CNC(CSc1cnn(C)c1)c1cc(C)ccc1C. The Morgan fingerprint density at radius 1 is 1.37 bits per heavy atom. The van der Waals surface area contributed by atoms with Gasteiger partial charge in [0.15, 0.2) is 0 Å². The van der Waals surface area contributed by atoms with Crippen LogP contribution in [0.3, 0.4) is 0 Å². The molecule has 4 heteroatoms. The molecule has 0 aliphatic carbocycles. The summed E-state index contributed by atoms with van der Waals surface area (Å²) in [6.45, 7) is 4.32. The predicted molar refractivity (Wildman–Crippen MR) is 81.6 cm³/mol. The molecule has 0 amide bonds. The zero-order chi connectivity index (χ0) is 13.8. The zero-order valence-electron chi connectivity index (χ0n) is 12.0. The monoisotopic (exact) mass is 275 g/mol. The molecule has 0 radical (unpaired) electrons. The number of hydrogen-bond donors (Lipinski definition) is 1. The van der Waals surface area contributed by atoms with E-state index in [2.05, 4.69) is 48.7 Å². The van der Waals surface area contributed by atoms with Crippen LogP contribution < -0.4 is 5.32 Å². The average Bonchev–Trinajstić information content (AvgIpc) is 2.80. The number of benzene rings is 1. The van der Waals surface area contributed by atoms with Crippen molar-refractivity contribution in [3.05, 3.63) is 47.3 Å². The molecular formula is C15H21N3S. The number of thioether (sulfide) groups is 1. The van der Waals surface area contributed by atoms with Crippen molar-refractivity contribution in [3.8, 4) is 0 Å². The molecule has 1 heterocycles. The van der Waals surface area contributed by atoms with Crippen LogP contribution in [0.1, 0.15) is 22.7 Å². The van der Waals surface area contributed by atoms with Gasteiger partial charge in [0.05, 0.1) is 6.20 Å². The molecule has 0 saturated heterocycles. The molecule has 0 aliphatic rings. The molecule has 19 heavy (non-hydrogen) atoms. The lowest BCUT2D eigenvalue weighted by Crippen LogP contribution is -2.19. The minimum atomic E-state index is 0.366. The second-order valence-electron chi connectivity index (χ2n) is 4.86. The van der Waals surface area contributed by atoms with Crippen LogP contribution in [0.4, 0.5) is 0 Å². The van der Waals surface area contributed by atoms with Crippen molar-refractivity contribution in [2.75, 3.05) is 12.8 Å². The Kier molecular flexibility index (Phi) is 4.66. The first-order chi connectivity index (χ1) is 9.10. The molecule has 0 bridgehead atoms. The quantitative estimate of drug-likeness (QED) is 0.850. The van der Waals surface area contributed by atoms with Crippen molar-refractivity contribution in [3.63, 3.8) is 0 Å². The lowest BCUT2D eigenvalue weighted by atomic mass is 10.0. The highest BCUT2D eigenvalue weighted by atomic mass is 32.2. The standard InChI is InChI=1S/C15H21N3S/c1-11-5-6-12(2)14(7-11)15(16-3)10-19-13-8-17-18(4)9-13/h5-9,15-16H,10H2,1-4H3. The number of hydrogen-bond acceptors (Lipinski definition) is 3. The zero-order valence-corrected chi connectivity index (χ0v) is 12.8. The molecule has 0 aliphatic heterocycles. The molecule has 0 saturated carbocycles. The second-order valence-corrected chi connectivity index (χ2v) is 5.96. The van der Waals surface area contributed by atoms with Crippen LogP contribution in [0.15, 0.2) is 35.5 Å². The minimum absolute atomic E-state index is 0.366. The summed E-state index contributed by atoms with van der Waals surface area (Å²) in [7, 11) is 3.97. The number of aryl methyl sites for hydroxylation is 3. The first-order valence-corrected chi connectivity index (χ1v) is 7.44. The molecule has 0 fully saturated rings. The van der Waals surface area contributed by atoms with Crippen molar-refractivity contribution >= 4 is 11.8 Å². The summed E-state index contributed by atoms with van der Waals surface area (Å²) in [6, 6.07) is 7.01. The maximum Gasteiger partial charge on any atom is 0.0625 e. The van der Waals surface area contributed by atoms with Crippen molar-refractivity contribution < 1.29 is 0 Å². The van der Waals surface area contributed by atoms with Crippen LogP contribution in [-0.4, -0.2) is 22.6 Å². The van der Waals surface area contributed by atoms with Crippen LogP contribution in [0.25, 0.3) is 0 Å². The van der Waals surface area contributed by atoms with Crippen molar-refractivity contribution in [1.29, 1.82) is 0 Å². The fourth-order valence-corrected chi connectivity index (χ4v) is 3.17. The van der Waals surface area contributed by atoms with Crippen LogP contribution in [0, 0.1) is 13.8 Å². The Morgan fingerprint density at radius 2 is 2.16 bits per heavy atom. The third kappa shape index (κ3) is 3.61. The Labute approximate surface area is 119 Å². The van der Waals surface area contributed by atoms with Gasteiger partial charge in [-0.2, -0.15) is 5.10 Å². The predicted octanol–water partition coefficient (Wildman–Crippen LogP) is 3.09. The summed E-state index contributed by atoms with van der Waals surface area (Å²) in [5, 5.41) is 7.62. The molecule has 1 aromatic heterocycles. The largest absolute Gasteiger partial charge is 0.312 e. The van der Waals surface area contributed by atoms with E-state index in [1.165, 1.54) is 21.6 Å². The summed E-state index contributed by atoms with van der Waals surface area (Å²) in [5.74, 6) is 1.01. The highest BCUT2D eigenvalue weighted by Crippen LogP contribution is 2.26. The van der Waals surface area contributed by atoms with E-state index in [4.69, 9.17) is 0 Å². The second kappa shape index (κ2) is 6.26. The van der Waals surface area contributed by atoms with E-state index in [1.807, 2.05) is 36.7 Å². The van der Waals surface area contributed by atoms with Crippen molar-refractivity contribution in [2.24, 2.45) is 7.05 Å². The van der Waals surface area contributed by atoms with Crippen molar-refractivity contribution in [1.82, 2.24) is 15.1 Å². The molecule has 2 aromatic rings. The topological polar surface area (TPSA) is 29.9 Å². The summed E-state index contributed by atoms with van der Waals surface area (Å²) in [4.78, 5) is 1.22. The van der Waals surface area contributed by atoms with Gasteiger partial charge in [-0.15, -0.1) is 11.8 Å². The summed E-state index contributed by atoms with van der Waals surface area (Å²) >= 11 is 1.84. The van der Waals surface area contributed by atoms with Gasteiger partial charge >= 0.3 is 0 Å². The van der Waals surface area contributed by atoms with Gasteiger partial charge in [0.25, 0.3) is 0 Å². The average molecular weight is 275 g/mol. The maximum absolute atomic E-state index is 4.20. The third-order valence-corrected chi connectivity index (χ3v) is 4.30. The molecule has 0 spiro atoms. The first kappa shape index (κ1) is 14.2. The third-order valence-electron chi connectivity index (χ3n) is 3.26. The van der Waals surface area contributed by atoms with E-state index in [0.717, 1.165) is 5.75 Å². The lowest BCUT2D eigenvalue weighted by Gasteiger charge is -2.19. The fourth-order valence-electron chi connectivity index (χ4n) is 2.12. The van der Waals surface area contributed by atoms with Crippen LogP contribution >= 0.6 is 11.8 Å². The molecular weight excluding hydrogens is 254 g/mol. The van der Waals surface area contributed by atoms with Crippen molar-refractivity contribution in [2.45, 2.75) is 24.8 Å². The summed E-state index contributed by atoms with van der Waals surface area (Å²) < 4.78 is 1.84. The van der Waals surface area contributed by atoms with E-state index >= 15 is 0 Å². The van der Waals surface area contributed by atoms with Gasteiger partial charge in [0, 0.05) is 29.9 Å². The maximum atomic E-state index is 4.20. The van der Waals surface area contributed by atoms with E-state index < -0.39 is 0 Å². The van der Waals surface area contributed by atoms with Crippen LogP contribution in [0.2, 0.25) is 0 Å². The summed E-state index contributed by atoms with van der Waals surface area (Å²) in [6.07, 6.45) is 3.97. The Balaban J connectivity index is 2.09. The molecule has 1 N–H and O–H groups in total. The fraction of sp³-hybridized carbons (Fsp3) is 0.400. The lowest BCUT2D eigenvalue weighted by molar-refractivity contribution is 0.657. The Hall–Kier alpha value is -1.26. The van der Waals surface area contributed by atoms with Crippen LogP contribution in [0.5, 0.6) is 0 Å². The van der Waals surface area contributed by atoms with Gasteiger partial charge in [0.2, 0.25) is 0 Å². The normalized spacial score (nSPS) is 12.6. The highest BCUT2D eigenvalue weighted by molar-refractivity contribution is 7.99. The van der Waals surface area contributed by atoms with E-state index in [1.54, 1.807) is 0 Å². The van der Waals surface area contributed by atoms with Gasteiger partial charge < -0.3 is 5.32 Å². The highest BCUT2D eigenvalue weighted by Gasteiger charge is 2.13. The van der Waals surface area contributed by atoms with E-state index in [-0.39, 0.29) is 0 Å². The number of aromatic nitrogens is 2. The molecule has 1 unspecified atom stereocenters. The van der Waals surface area contributed by atoms with Gasteiger partial charge in [-0.3, -0.25) is 4.68 Å². The molecule has 3 nitrogen and oxygen atoms in total. The summed E-state index contributed by atoms with van der Waals surface area (Å²) in [5.41, 5.74) is 4.04. The Bertz CT molecular complexity index is 548. The molecule has 102 valence electrons. The molecule has 2 rings (SSSR count). The number of nitrogens with zero attached hydrogens (tertiary/aromatic N) is 2. The number of nitrogens with one attached hydrogen (secondary N) is 1. The van der Waals surface area contributed by atoms with Gasteiger partial charge in [-0.25, -0.2) is 0 Å². The minimum Gasteiger partial charge on any atom is -0.312 e. The van der Waals surface area contributed by atoms with E-state index in [9.17, 15) is 0 Å². The number of rotatable bonds is 5. The first-order valence-electron chi connectivity index (χ1n) is 6.46. The molecule has 1 atom stereocenters. The molecule has 1 aromatic carbocycles. The van der Waals surface area contributed by atoms with E-state index in [0.29, 0.717) is 6.04 Å². The smallest absolute Gasteiger partial charge is 0.0625 e. The van der Waals surface area contributed by atoms with Gasteiger partial charge in [-0.1, -0.05) is 23.8 Å². The Morgan fingerprint density at radius 3 is 2.79 bits per heavy atom.